The number of piperidine rings is 1. The van der Waals surface area contributed by atoms with Crippen molar-refractivity contribution in [2.45, 2.75) is 56.5 Å². The zero-order chi connectivity index (χ0) is 16.4. The fourth-order valence-corrected chi connectivity index (χ4v) is 4.05. The second-order valence-corrected chi connectivity index (χ2v) is 6.92. The minimum absolute atomic E-state index is 0. The molecule has 2 saturated heterocycles. The summed E-state index contributed by atoms with van der Waals surface area (Å²) in [5.41, 5.74) is -0.704. The van der Waals surface area contributed by atoms with Crippen molar-refractivity contribution in [2.75, 3.05) is 26.7 Å². The number of amides is 4. The maximum absolute atomic E-state index is 12.8. The Balaban J connectivity index is 0.00000208. The van der Waals surface area contributed by atoms with Gasteiger partial charge in [0.25, 0.3) is 5.91 Å². The van der Waals surface area contributed by atoms with Crippen molar-refractivity contribution >= 4 is 30.3 Å². The Morgan fingerprint density at radius 1 is 1.21 bits per heavy atom. The Hall–Kier alpha value is -1.34. The quantitative estimate of drug-likeness (QED) is 0.733. The van der Waals surface area contributed by atoms with Crippen molar-refractivity contribution in [1.82, 2.24) is 20.4 Å². The maximum Gasteiger partial charge on any atom is 0.327 e. The average molecular weight is 359 g/mol. The standard InChI is InChI=1S/C16H26N4O3.ClH/c1-19-15(23)20(14(22)16(19)7-3-2-4-8-16)11-13(21)18-12-5-9-17-10-6-12;/h12,17H,2-11H2,1H3,(H,18,21);1H. The van der Waals surface area contributed by atoms with Crippen LogP contribution in [0.2, 0.25) is 0 Å². The summed E-state index contributed by atoms with van der Waals surface area (Å²) in [5.74, 6) is -0.426. The van der Waals surface area contributed by atoms with Gasteiger partial charge in [-0.15, -0.1) is 12.4 Å². The molecule has 3 rings (SSSR count). The van der Waals surface area contributed by atoms with Crippen LogP contribution in [0.1, 0.15) is 44.9 Å². The van der Waals surface area contributed by atoms with E-state index in [0.717, 1.165) is 50.1 Å². The van der Waals surface area contributed by atoms with E-state index in [9.17, 15) is 14.4 Å². The third kappa shape index (κ3) is 3.37. The first-order valence-corrected chi connectivity index (χ1v) is 8.64. The first-order valence-electron chi connectivity index (χ1n) is 8.64. The third-order valence-electron chi connectivity index (χ3n) is 5.49. The molecule has 0 atom stereocenters. The van der Waals surface area contributed by atoms with Crippen molar-refractivity contribution in [3.63, 3.8) is 0 Å². The zero-order valence-electron chi connectivity index (χ0n) is 14.2. The molecule has 2 heterocycles. The molecule has 8 heteroatoms. The molecule has 0 unspecified atom stereocenters. The van der Waals surface area contributed by atoms with E-state index in [-0.39, 0.29) is 42.8 Å². The minimum Gasteiger partial charge on any atom is -0.352 e. The van der Waals surface area contributed by atoms with E-state index in [1.807, 2.05) is 0 Å². The van der Waals surface area contributed by atoms with Crippen molar-refractivity contribution in [3.05, 3.63) is 0 Å². The number of hydrogen-bond acceptors (Lipinski definition) is 4. The van der Waals surface area contributed by atoms with Gasteiger partial charge in [-0.05, 0) is 38.8 Å². The highest BCUT2D eigenvalue weighted by Crippen LogP contribution is 2.39. The number of nitrogens with zero attached hydrogens (tertiary/aromatic N) is 2. The van der Waals surface area contributed by atoms with Gasteiger partial charge in [-0.1, -0.05) is 19.3 Å². The Morgan fingerprint density at radius 2 is 1.83 bits per heavy atom. The largest absolute Gasteiger partial charge is 0.352 e. The first kappa shape index (κ1) is 19.0. The zero-order valence-corrected chi connectivity index (χ0v) is 15.0. The van der Waals surface area contributed by atoms with Crippen molar-refractivity contribution in [2.24, 2.45) is 0 Å². The molecule has 3 fully saturated rings. The normalized spacial score (nSPS) is 24.2. The summed E-state index contributed by atoms with van der Waals surface area (Å²) in [6.45, 7) is 1.62. The molecule has 7 nitrogen and oxygen atoms in total. The van der Waals surface area contributed by atoms with E-state index in [0.29, 0.717) is 12.8 Å². The number of rotatable bonds is 3. The van der Waals surface area contributed by atoms with E-state index in [2.05, 4.69) is 10.6 Å². The molecule has 2 N–H and O–H groups in total. The molecule has 1 aliphatic carbocycles. The number of imide groups is 1. The fraction of sp³-hybridized carbons (Fsp3) is 0.812. The number of carbonyl (C=O) groups is 3. The van der Waals surface area contributed by atoms with Gasteiger partial charge in [-0.25, -0.2) is 4.79 Å². The van der Waals surface area contributed by atoms with Crippen LogP contribution in [-0.2, 0) is 9.59 Å². The lowest BCUT2D eigenvalue weighted by molar-refractivity contribution is -0.137. The summed E-state index contributed by atoms with van der Waals surface area (Å²) in [6, 6.07) is -0.199. The van der Waals surface area contributed by atoms with Gasteiger partial charge in [-0.2, -0.15) is 0 Å². The topological polar surface area (TPSA) is 81.8 Å². The van der Waals surface area contributed by atoms with E-state index in [1.165, 1.54) is 0 Å². The predicted octanol–water partition coefficient (Wildman–Crippen LogP) is 0.873. The molecule has 2 aliphatic heterocycles. The van der Waals surface area contributed by atoms with Gasteiger partial charge in [0.2, 0.25) is 5.91 Å². The number of nitrogens with one attached hydrogen (secondary N) is 2. The smallest absolute Gasteiger partial charge is 0.327 e. The summed E-state index contributed by atoms with van der Waals surface area (Å²) < 4.78 is 0. The van der Waals surface area contributed by atoms with Gasteiger partial charge in [0, 0.05) is 13.1 Å². The lowest BCUT2D eigenvalue weighted by atomic mass is 9.81. The van der Waals surface area contributed by atoms with E-state index in [1.54, 1.807) is 11.9 Å². The van der Waals surface area contributed by atoms with Crippen LogP contribution in [0.25, 0.3) is 0 Å². The molecule has 0 radical (unpaired) electrons. The molecule has 0 aromatic rings. The molecular formula is C16H27ClN4O3. The monoisotopic (exact) mass is 358 g/mol. The van der Waals surface area contributed by atoms with Crippen LogP contribution < -0.4 is 10.6 Å². The molecule has 0 bridgehead atoms. The van der Waals surface area contributed by atoms with E-state index < -0.39 is 5.54 Å². The van der Waals surface area contributed by atoms with Gasteiger partial charge in [-0.3, -0.25) is 14.5 Å². The van der Waals surface area contributed by atoms with Crippen LogP contribution in [0, 0.1) is 0 Å². The number of hydrogen-bond donors (Lipinski definition) is 2. The van der Waals surface area contributed by atoms with Crippen molar-refractivity contribution < 1.29 is 14.4 Å². The van der Waals surface area contributed by atoms with Gasteiger partial charge in [0.05, 0.1) is 0 Å². The van der Waals surface area contributed by atoms with Crippen LogP contribution in [0.15, 0.2) is 0 Å². The fourth-order valence-electron chi connectivity index (χ4n) is 4.05. The van der Waals surface area contributed by atoms with Crippen LogP contribution in [-0.4, -0.2) is 65.9 Å². The molecule has 4 amide bonds. The Bertz CT molecular complexity index is 502. The number of carbonyl (C=O) groups excluding carboxylic acids is 3. The van der Waals surface area contributed by atoms with Crippen LogP contribution >= 0.6 is 12.4 Å². The maximum atomic E-state index is 12.8. The summed E-state index contributed by atoms with van der Waals surface area (Å²) in [4.78, 5) is 40.2. The second kappa shape index (κ2) is 7.70. The summed E-state index contributed by atoms with van der Waals surface area (Å²) in [5, 5.41) is 6.19. The molecule has 24 heavy (non-hydrogen) atoms. The minimum atomic E-state index is -0.704. The number of urea groups is 1. The van der Waals surface area contributed by atoms with Gasteiger partial charge >= 0.3 is 6.03 Å². The van der Waals surface area contributed by atoms with Gasteiger partial charge in [0.1, 0.15) is 12.1 Å². The lowest BCUT2D eigenvalue weighted by Crippen LogP contribution is -2.50. The summed E-state index contributed by atoms with van der Waals surface area (Å²) in [7, 11) is 1.69. The van der Waals surface area contributed by atoms with Crippen LogP contribution in [0.5, 0.6) is 0 Å². The lowest BCUT2D eigenvalue weighted by Gasteiger charge is -2.35. The van der Waals surface area contributed by atoms with Crippen molar-refractivity contribution in [3.8, 4) is 0 Å². The van der Waals surface area contributed by atoms with Crippen molar-refractivity contribution in [1.29, 1.82) is 0 Å². The first-order chi connectivity index (χ1) is 11.0. The summed E-state index contributed by atoms with van der Waals surface area (Å²) >= 11 is 0. The highest BCUT2D eigenvalue weighted by Gasteiger charge is 2.55. The van der Waals surface area contributed by atoms with Crippen LogP contribution in [0.3, 0.4) is 0 Å². The highest BCUT2D eigenvalue weighted by atomic mass is 35.5. The number of halogens is 1. The van der Waals surface area contributed by atoms with E-state index in [4.69, 9.17) is 0 Å². The van der Waals surface area contributed by atoms with E-state index >= 15 is 0 Å². The van der Waals surface area contributed by atoms with Gasteiger partial charge in [0.15, 0.2) is 0 Å². The Labute approximate surface area is 148 Å². The average Bonchev–Trinajstić information content (AvgIpc) is 2.73. The molecule has 0 aromatic carbocycles. The highest BCUT2D eigenvalue weighted by molar-refractivity contribution is 6.08. The molecule has 0 aromatic heterocycles. The Kier molecular flexibility index (Phi) is 6.09. The molecule has 136 valence electrons. The Morgan fingerprint density at radius 3 is 2.46 bits per heavy atom. The molecule has 3 aliphatic rings. The van der Waals surface area contributed by atoms with Gasteiger partial charge < -0.3 is 15.5 Å². The molecule has 1 spiro atoms. The second-order valence-electron chi connectivity index (χ2n) is 6.92. The molecule has 1 saturated carbocycles. The van der Waals surface area contributed by atoms with Crippen LogP contribution in [0.4, 0.5) is 4.79 Å². The number of likely N-dealkylation sites (N-methyl/N-ethyl adjacent to an activating group) is 1. The SMILES string of the molecule is CN1C(=O)N(CC(=O)NC2CCNCC2)C(=O)C12CCCCC2.Cl. The predicted molar refractivity (Wildman–Crippen MR) is 92.0 cm³/mol. The third-order valence-corrected chi connectivity index (χ3v) is 5.49. The molecular weight excluding hydrogens is 332 g/mol. The summed E-state index contributed by atoms with van der Waals surface area (Å²) in [6.07, 6.45) is 6.21.